The molecule has 0 saturated heterocycles. The Morgan fingerprint density at radius 1 is 1.10 bits per heavy atom. The van der Waals surface area contributed by atoms with E-state index in [2.05, 4.69) is 21.2 Å². The highest BCUT2D eigenvalue weighted by atomic mass is 79.9. The largest absolute Gasteiger partial charge is 0.416 e. The third-order valence-corrected chi connectivity index (χ3v) is 3.67. The van der Waals surface area contributed by atoms with Gasteiger partial charge in [0.15, 0.2) is 0 Å². The first-order valence-electron chi connectivity index (χ1n) is 6.13. The van der Waals surface area contributed by atoms with Crippen LogP contribution in [0.1, 0.15) is 16.7 Å². The van der Waals surface area contributed by atoms with Crippen molar-refractivity contribution in [1.82, 2.24) is 0 Å². The molecule has 6 heteroatoms. The fourth-order valence-corrected chi connectivity index (χ4v) is 2.08. The Kier molecular flexibility index (Phi) is 4.56. The lowest BCUT2D eigenvalue weighted by atomic mass is 10.1. The second kappa shape index (κ2) is 6.05. The van der Waals surface area contributed by atoms with Gasteiger partial charge in [0, 0.05) is 12.2 Å². The average molecular weight is 362 g/mol. The summed E-state index contributed by atoms with van der Waals surface area (Å²) >= 11 is 3.05. The van der Waals surface area contributed by atoms with Gasteiger partial charge >= 0.3 is 6.18 Å². The highest BCUT2D eigenvalue weighted by Crippen LogP contribution is 2.32. The van der Waals surface area contributed by atoms with Gasteiger partial charge in [0.25, 0.3) is 0 Å². The Balaban J connectivity index is 2.17. The molecule has 0 aliphatic rings. The van der Waals surface area contributed by atoms with Crippen LogP contribution in [0.25, 0.3) is 0 Å². The molecule has 0 radical (unpaired) electrons. The average Bonchev–Trinajstić information content (AvgIpc) is 2.40. The van der Waals surface area contributed by atoms with Crippen LogP contribution >= 0.6 is 15.9 Å². The Bertz CT molecular complexity index is 653. The Morgan fingerprint density at radius 2 is 1.81 bits per heavy atom. The van der Waals surface area contributed by atoms with Gasteiger partial charge in [0.1, 0.15) is 5.82 Å². The molecule has 0 amide bonds. The molecule has 0 fully saturated rings. The van der Waals surface area contributed by atoms with Gasteiger partial charge in [-0.1, -0.05) is 12.1 Å². The summed E-state index contributed by atoms with van der Waals surface area (Å²) in [5, 5.41) is 2.91. The second-order valence-electron chi connectivity index (χ2n) is 4.63. The second-order valence-corrected chi connectivity index (χ2v) is 5.48. The van der Waals surface area contributed by atoms with Crippen LogP contribution in [0.4, 0.5) is 23.2 Å². The van der Waals surface area contributed by atoms with Crippen LogP contribution < -0.4 is 5.32 Å². The van der Waals surface area contributed by atoms with E-state index in [4.69, 9.17) is 0 Å². The van der Waals surface area contributed by atoms with Crippen molar-refractivity contribution in [3.63, 3.8) is 0 Å². The molecule has 0 aliphatic heterocycles. The number of hydrogen-bond acceptors (Lipinski definition) is 1. The van der Waals surface area contributed by atoms with Gasteiger partial charge in [-0.2, -0.15) is 13.2 Å². The number of aryl methyl sites for hydroxylation is 1. The zero-order valence-corrected chi connectivity index (χ0v) is 12.6. The van der Waals surface area contributed by atoms with Gasteiger partial charge in [-0.3, -0.25) is 0 Å². The molecule has 2 aromatic carbocycles. The maximum absolute atomic E-state index is 13.4. The summed E-state index contributed by atoms with van der Waals surface area (Å²) in [6.45, 7) is 1.96. The summed E-state index contributed by atoms with van der Waals surface area (Å²) in [5.41, 5.74) is 1.01. The van der Waals surface area contributed by atoms with Crippen molar-refractivity contribution in [1.29, 1.82) is 0 Å². The number of nitrogens with one attached hydrogen (secondary N) is 1. The van der Waals surface area contributed by atoms with Crippen LogP contribution in [0.5, 0.6) is 0 Å². The molecule has 1 N–H and O–H groups in total. The first-order valence-corrected chi connectivity index (χ1v) is 6.92. The first kappa shape index (κ1) is 15.8. The number of benzene rings is 2. The molecule has 0 aliphatic carbocycles. The predicted octanol–water partition coefficient (Wildman–Crippen LogP) is 5.53. The van der Waals surface area contributed by atoms with Crippen molar-refractivity contribution in [3.8, 4) is 0 Å². The SMILES string of the molecule is Cc1ccc(C(F)(F)F)cc1NCc1ccc(Br)c(F)c1. The zero-order valence-electron chi connectivity index (χ0n) is 11.1. The lowest BCUT2D eigenvalue weighted by molar-refractivity contribution is -0.137. The summed E-state index contributed by atoms with van der Waals surface area (Å²) in [7, 11) is 0. The molecule has 0 aromatic heterocycles. The van der Waals surface area contributed by atoms with Crippen molar-refractivity contribution in [3.05, 3.63) is 63.4 Å². The lowest BCUT2D eigenvalue weighted by Crippen LogP contribution is -2.07. The van der Waals surface area contributed by atoms with Crippen molar-refractivity contribution in [2.45, 2.75) is 19.6 Å². The fourth-order valence-electron chi connectivity index (χ4n) is 1.84. The van der Waals surface area contributed by atoms with Gasteiger partial charge in [-0.25, -0.2) is 4.39 Å². The minimum atomic E-state index is -4.38. The van der Waals surface area contributed by atoms with E-state index in [0.29, 0.717) is 21.3 Å². The van der Waals surface area contributed by atoms with Crippen molar-refractivity contribution in [2.24, 2.45) is 0 Å². The van der Waals surface area contributed by atoms with E-state index in [1.165, 1.54) is 12.1 Å². The van der Waals surface area contributed by atoms with Gasteiger partial charge in [-0.15, -0.1) is 0 Å². The molecular formula is C15H12BrF4N. The lowest BCUT2D eigenvalue weighted by Gasteiger charge is -2.13. The monoisotopic (exact) mass is 361 g/mol. The van der Waals surface area contributed by atoms with E-state index in [0.717, 1.165) is 12.1 Å². The summed E-state index contributed by atoms with van der Waals surface area (Å²) < 4.78 is 51.8. The third-order valence-electron chi connectivity index (χ3n) is 3.03. The van der Waals surface area contributed by atoms with Gasteiger partial charge < -0.3 is 5.32 Å². The molecule has 0 saturated carbocycles. The van der Waals surface area contributed by atoms with Gasteiger partial charge in [0.2, 0.25) is 0 Å². The van der Waals surface area contributed by atoms with E-state index in [1.54, 1.807) is 19.1 Å². The number of anilines is 1. The predicted molar refractivity (Wildman–Crippen MR) is 77.6 cm³/mol. The van der Waals surface area contributed by atoms with Crippen molar-refractivity contribution in [2.75, 3.05) is 5.32 Å². The van der Waals surface area contributed by atoms with Gasteiger partial charge in [-0.05, 0) is 58.2 Å². The summed E-state index contributed by atoms with van der Waals surface area (Å²) in [6.07, 6.45) is -4.38. The molecule has 1 nitrogen and oxygen atoms in total. The van der Waals surface area contributed by atoms with E-state index < -0.39 is 17.6 Å². The zero-order chi connectivity index (χ0) is 15.6. The van der Waals surface area contributed by atoms with E-state index in [-0.39, 0.29) is 6.54 Å². The van der Waals surface area contributed by atoms with Crippen LogP contribution in [0.15, 0.2) is 40.9 Å². The topological polar surface area (TPSA) is 12.0 Å². The summed E-state index contributed by atoms with van der Waals surface area (Å²) in [5.74, 6) is -0.407. The van der Waals surface area contributed by atoms with Crippen LogP contribution in [0.2, 0.25) is 0 Å². The molecule has 21 heavy (non-hydrogen) atoms. The maximum atomic E-state index is 13.4. The first-order chi connectivity index (χ1) is 9.77. The normalized spacial score (nSPS) is 11.5. The molecule has 2 rings (SSSR count). The number of hydrogen-bond donors (Lipinski definition) is 1. The molecular weight excluding hydrogens is 350 g/mol. The smallest absolute Gasteiger partial charge is 0.381 e. The van der Waals surface area contributed by atoms with Crippen LogP contribution in [-0.2, 0) is 12.7 Å². The molecule has 0 unspecified atom stereocenters. The maximum Gasteiger partial charge on any atom is 0.416 e. The molecule has 0 bridgehead atoms. The highest BCUT2D eigenvalue weighted by Gasteiger charge is 2.30. The molecule has 112 valence electrons. The van der Waals surface area contributed by atoms with Gasteiger partial charge in [0.05, 0.1) is 10.0 Å². The number of alkyl halides is 3. The number of halogens is 5. The standard InChI is InChI=1S/C15H12BrF4N/c1-9-2-4-11(15(18,19)20)7-14(9)21-8-10-3-5-12(16)13(17)6-10/h2-7,21H,8H2,1H3. The summed E-state index contributed by atoms with van der Waals surface area (Å²) in [4.78, 5) is 0. The highest BCUT2D eigenvalue weighted by molar-refractivity contribution is 9.10. The molecule has 0 spiro atoms. The van der Waals surface area contributed by atoms with E-state index >= 15 is 0 Å². The minimum absolute atomic E-state index is 0.242. The van der Waals surface area contributed by atoms with Crippen LogP contribution in [0.3, 0.4) is 0 Å². The molecule has 0 atom stereocenters. The van der Waals surface area contributed by atoms with E-state index in [9.17, 15) is 17.6 Å². The quantitative estimate of drug-likeness (QED) is 0.709. The molecule has 0 heterocycles. The summed E-state index contributed by atoms with van der Waals surface area (Å²) in [6, 6.07) is 8.10. The fraction of sp³-hybridized carbons (Fsp3) is 0.200. The van der Waals surface area contributed by atoms with Crippen molar-refractivity contribution < 1.29 is 17.6 Å². The Hall–Kier alpha value is -1.56. The molecule has 2 aromatic rings. The van der Waals surface area contributed by atoms with Crippen molar-refractivity contribution >= 4 is 21.6 Å². The number of rotatable bonds is 3. The van der Waals surface area contributed by atoms with E-state index in [1.807, 2.05) is 0 Å². The Labute approximate surface area is 128 Å². The van der Waals surface area contributed by atoms with Crippen LogP contribution in [-0.4, -0.2) is 0 Å². The Morgan fingerprint density at radius 3 is 2.43 bits per heavy atom. The third kappa shape index (κ3) is 3.97. The van der Waals surface area contributed by atoms with Crippen LogP contribution in [0, 0.1) is 12.7 Å². The minimum Gasteiger partial charge on any atom is -0.381 e.